The Morgan fingerprint density at radius 3 is 2.30 bits per heavy atom. The van der Waals surface area contributed by atoms with E-state index in [4.69, 9.17) is 0 Å². The topological polar surface area (TPSA) is 66.4 Å². The van der Waals surface area contributed by atoms with E-state index in [1.54, 1.807) is 0 Å². The van der Waals surface area contributed by atoms with E-state index >= 15 is 0 Å². The third-order valence-electron chi connectivity index (χ3n) is 3.89. The number of carbonyl (C=O) groups excluding carboxylic acids is 1. The van der Waals surface area contributed by atoms with Crippen LogP contribution in [0.2, 0.25) is 0 Å². The molecule has 0 saturated heterocycles. The van der Waals surface area contributed by atoms with Gasteiger partial charge in [-0.1, -0.05) is 38.8 Å². The molecule has 1 amide bonds. The predicted octanol–water partition coefficient (Wildman–Crippen LogP) is 2.98. The van der Waals surface area contributed by atoms with E-state index in [1.165, 1.54) is 0 Å². The largest absolute Gasteiger partial charge is 0.481 e. The van der Waals surface area contributed by atoms with E-state index in [0.717, 1.165) is 19.3 Å². The molecule has 0 aromatic carbocycles. The Labute approximate surface area is 121 Å². The number of amides is 1. The number of aliphatic carboxylic acids is 1. The Hall–Kier alpha value is -1.32. The zero-order valence-electron chi connectivity index (χ0n) is 12.8. The van der Waals surface area contributed by atoms with Gasteiger partial charge in [-0.05, 0) is 32.1 Å². The second kappa shape index (κ2) is 8.08. The molecule has 1 rings (SSSR count). The Morgan fingerprint density at radius 1 is 1.15 bits per heavy atom. The summed E-state index contributed by atoms with van der Waals surface area (Å²) in [4.78, 5) is 23.4. The predicted molar refractivity (Wildman–Crippen MR) is 79.3 cm³/mol. The van der Waals surface area contributed by atoms with Gasteiger partial charge in [-0.15, -0.1) is 0 Å². The van der Waals surface area contributed by atoms with Crippen molar-refractivity contribution >= 4 is 11.9 Å². The number of nitrogens with one attached hydrogen (secondary N) is 1. The number of hydrogen-bond donors (Lipinski definition) is 2. The van der Waals surface area contributed by atoms with Gasteiger partial charge in [0.15, 0.2) is 0 Å². The number of carbonyl (C=O) groups is 2. The molecule has 0 heterocycles. The normalized spacial score (nSPS) is 23.6. The van der Waals surface area contributed by atoms with Gasteiger partial charge in [-0.2, -0.15) is 0 Å². The van der Waals surface area contributed by atoms with Gasteiger partial charge >= 0.3 is 5.97 Å². The Morgan fingerprint density at radius 2 is 1.75 bits per heavy atom. The molecule has 0 fully saturated rings. The van der Waals surface area contributed by atoms with Crippen molar-refractivity contribution in [2.45, 2.75) is 58.9 Å². The smallest absolute Gasteiger partial charge is 0.307 e. The monoisotopic (exact) mass is 281 g/mol. The van der Waals surface area contributed by atoms with Crippen LogP contribution in [-0.4, -0.2) is 23.0 Å². The van der Waals surface area contributed by atoms with Crippen LogP contribution in [-0.2, 0) is 9.59 Å². The van der Waals surface area contributed by atoms with Gasteiger partial charge in [0.1, 0.15) is 0 Å². The summed E-state index contributed by atoms with van der Waals surface area (Å²) in [6.45, 7) is 6.37. The SMILES string of the molecule is CC(C)CCCC(C)NC(=O)C1CC=CCC1C(=O)O. The Bertz CT molecular complexity index is 363. The van der Waals surface area contributed by atoms with Crippen LogP contribution in [0.1, 0.15) is 52.9 Å². The molecule has 0 aromatic heterocycles. The summed E-state index contributed by atoms with van der Waals surface area (Å²) in [5.74, 6) is -1.31. The van der Waals surface area contributed by atoms with Crippen LogP contribution in [0.5, 0.6) is 0 Å². The van der Waals surface area contributed by atoms with Gasteiger partial charge in [0, 0.05) is 6.04 Å². The summed E-state index contributed by atoms with van der Waals surface area (Å²) in [7, 11) is 0. The molecule has 3 atom stereocenters. The Kier molecular flexibility index (Phi) is 6.76. The number of carboxylic acids is 1. The van der Waals surface area contributed by atoms with Crippen molar-refractivity contribution in [2.75, 3.05) is 0 Å². The van der Waals surface area contributed by atoms with Gasteiger partial charge in [0.25, 0.3) is 0 Å². The maximum absolute atomic E-state index is 12.2. The lowest BCUT2D eigenvalue weighted by Crippen LogP contribution is -2.42. The molecule has 2 N–H and O–H groups in total. The van der Waals surface area contributed by atoms with Gasteiger partial charge in [-0.3, -0.25) is 9.59 Å². The van der Waals surface area contributed by atoms with Crippen LogP contribution in [0, 0.1) is 17.8 Å². The second-order valence-electron chi connectivity index (χ2n) is 6.23. The third-order valence-corrected chi connectivity index (χ3v) is 3.89. The first-order valence-corrected chi connectivity index (χ1v) is 7.60. The maximum Gasteiger partial charge on any atom is 0.307 e. The van der Waals surface area contributed by atoms with Crippen molar-refractivity contribution in [3.05, 3.63) is 12.2 Å². The highest BCUT2D eigenvalue weighted by atomic mass is 16.4. The van der Waals surface area contributed by atoms with E-state index < -0.39 is 17.8 Å². The number of allylic oxidation sites excluding steroid dienone is 2. The molecule has 3 unspecified atom stereocenters. The van der Waals surface area contributed by atoms with E-state index in [9.17, 15) is 14.7 Å². The molecule has 0 bridgehead atoms. The molecule has 20 heavy (non-hydrogen) atoms. The van der Waals surface area contributed by atoms with Crippen molar-refractivity contribution in [1.82, 2.24) is 5.32 Å². The quantitative estimate of drug-likeness (QED) is 0.705. The van der Waals surface area contributed by atoms with Gasteiger partial charge < -0.3 is 10.4 Å². The van der Waals surface area contributed by atoms with E-state index in [2.05, 4.69) is 19.2 Å². The minimum Gasteiger partial charge on any atom is -0.481 e. The van der Waals surface area contributed by atoms with Crippen molar-refractivity contribution < 1.29 is 14.7 Å². The zero-order valence-corrected chi connectivity index (χ0v) is 12.8. The summed E-state index contributed by atoms with van der Waals surface area (Å²) >= 11 is 0. The van der Waals surface area contributed by atoms with Crippen molar-refractivity contribution in [3.63, 3.8) is 0 Å². The molecular weight excluding hydrogens is 254 g/mol. The maximum atomic E-state index is 12.2. The lowest BCUT2D eigenvalue weighted by Gasteiger charge is -2.26. The van der Waals surface area contributed by atoms with Crippen LogP contribution in [0.25, 0.3) is 0 Å². The van der Waals surface area contributed by atoms with Crippen LogP contribution in [0.15, 0.2) is 12.2 Å². The average molecular weight is 281 g/mol. The minimum atomic E-state index is -0.873. The highest BCUT2D eigenvalue weighted by Crippen LogP contribution is 2.26. The molecule has 0 aliphatic heterocycles. The molecule has 4 heteroatoms. The van der Waals surface area contributed by atoms with Crippen LogP contribution < -0.4 is 5.32 Å². The van der Waals surface area contributed by atoms with Crippen molar-refractivity contribution in [2.24, 2.45) is 17.8 Å². The van der Waals surface area contributed by atoms with E-state index in [1.807, 2.05) is 19.1 Å². The third kappa shape index (κ3) is 5.35. The second-order valence-corrected chi connectivity index (χ2v) is 6.23. The highest BCUT2D eigenvalue weighted by Gasteiger charge is 2.34. The fourth-order valence-corrected chi connectivity index (χ4v) is 2.63. The number of hydrogen-bond acceptors (Lipinski definition) is 2. The summed E-state index contributed by atoms with van der Waals surface area (Å²) in [6.07, 6.45) is 7.94. The summed E-state index contributed by atoms with van der Waals surface area (Å²) in [5, 5.41) is 12.2. The highest BCUT2D eigenvalue weighted by molar-refractivity contribution is 5.85. The first-order chi connectivity index (χ1) is 9.41. The molecule has 0 saturated carbocycles. The lowest BCUT2D eigenvalue weighted by molar-refractivity contribution is -0.147. The van der Waals surface area contributed by atoms with Crippen LogP contribution >= 0.6 is 0 Å². The average Bonchev–Trinajstić information content (AvgIpc) is 2.38. The van der Waals surface area contributed by atoms with Crippen LogP contribution in [0.3, 0.4) is 0 Å². The lowest BCUT2D eigenvalue weighted by atomic mass is 9.82. The summed E-state index contributed by atoms with van der Waals surface area (Å²) in [6, 6.07) is 0.113. The minimum absolute atomic E-state index is 0.112. The van der Waals surface area contributed by atoms with Gasteiger partial charge in [0.05, 0.1) is 11.8 Å². The first kappa shape index (κ1) is 16.7. The number of rotatable bonds is 7. The molecule has 0 spiro atoms. The standard InChI is InChI=1S/C16H27NO3/c1-11(2)7-6-8-12(3)17-15(18)13-9-4-5-10-14(13)16(19)20/h4-5,11-14H,6-10H2,1-3H3,(H,17,18)(H,19,20). The zero-order chi connectivity index (χ0) is 15.1. The van der Waals surface area contributed by atoms with Crippen molar-refractivity contribution in [3.8, 4) is 0 Å². The Balaban J connectivity index is 2.44. The fourth-order valence-electron chi connectivity index (χ4n) is 2.63. The van der Waals surface area contributed by atoms with Crippen molar-refractivity contribution in [1.29, 1.82) is 0 Å². The van der Waals surface area contributed by atoms with Crippen LogP contribution in [0.4, 0.5) is 0 Å². The number of carboxylic acid groups (broad SMARTS) is 1. The molecule has 114 valence electrons. The summed E-state index contributed by atoms with van der Waals surface area (Å²) < 4.78 is 0. The van der Waals surface area contributed by atoms with Gasteiger partial charge in [-0.25, -0.2) is 0 Å². The first-order valence-electron chi connectivity index (χ1n) is 7.60. The molecule has 0 radical (unpaired) electrons. The van der Waals surface area contributed by atoms with Gasteiger partial charge in [0.2, 0.25) is 5.91 Å². The summed E-state index contributed by atoms with van der Waals surface area (Å²) in [5.41, 5.74) is 0. The van der Waals surface area contributed by atoms with E-state index in [-0.39, 0.29) is 11.9 Å². The molecule has 1 aliphatic carbocycles. The van der Waals surface area contributed by atoms with E-state index in [0.29, 0.717) is 18.8 Å². The molecule has 1 aliphatic rings. The molecular formula is C16H27NO3. The fraction of sp³-hybridized carbons (Fsp3) is 0.750. The molecule has 0 aromatic rings. The molecule has 4 nitrogen and oxygen atoms in total.